The highest BCUT2D eigenvalue weighted by molar-refractivity contribution is 7.89. The molecule has 0 atom stereocenters. The Labute approximate surface area is 149 Å². The second-order valence-electron chi connectivity index (χ2n) is 5.51. The monoisotopic (exact) mass is 377 g/mol. The molecule has 1 heterocycles. The van der Waals surface area contributed by atoms with Gasteiger partial charge in [0.1, 0.15) is 5.01 Å². The maximum Gasteiger partial charge on any atom is 0.165 e. The number of ether oxygens (including phenoxy) is 1. The summed E-state index contributed by atoms with van der Waals surface area (Å²) in [5, 5.41) is 2.52. The van der Waals surface area contributed by atoms with Gasteiger partial charge in [-0.2, -0.15) is 0 Å². The zero-order chi connectivity index (χ0) is 17.9. The second-order valence-corrected chi connectivity index (χ2v) is 8.43. The second kappa shape index (κ2) is 7.33. The average molecular weight is 377 g/mol. The van der Waals surface area contributed by atoms with E-state index in [1.807, 2.05) is 30.3 Å². The van der Waals surface area contributed by atoms with E-state index in [1.165, 1.54) is 30.6 Å². The Morgan fingerprint density at radius 2 is 1.88 bits per heavy atom. The molecule has 0 aliphatic rings. The van der Waals surface area contributed by atoms with Crippen LogP contribution in [0.4, 0.5) is 4.39 Å². The van der Waals surface area contributed by atoms with Crippen molar-refractivity contribution >= 4 is 21.2 Å². The number of benzene rings is 2. The number of sulfone groups is 1. The Kier molecular flexibility index (Phi) is 5.15. The first kappa shape index (κ1) is 17.6. The van der Waals surface area contributed by atoms with E-state index in [-0.39, 0.29) is 17.3 Å². The lowest BCUT2D eigenvalue weighted by atomic mass is 10.2. The van der Waals surface area contributed by atoms with E-state index in [0.717, 1.165) is 10.6 Å². The lowest BCUT2D eigenvalue weighted by Gasteiger charge is -2.06. The third kappa shape index (κ3) is 4.43. The summed E-state index contributed by atoms with van der Waals surface area (Å²) < 4.78 is 43.3. The fourth-order valence-electron chi connectivity index (χ4n) is 2.42. The van der Waals surface area contributed by atoms with Crippen molar-refractivity contribution in [3.05, 3.63) is 71.0 Å². The quantitative estimate of drug-likeness (QED) is 0.650. The number of aromatic nitrogens is 1. The van der Waals surface area contributed by atoms with Crippen molar-refractivity contribution in [1.29, 1.82) is 0 Å². The van der Waals surface area contributed by atoms with E-state index >= 15 is 0 Å². The van der Waals surface area contributed by atoms with E-state index < -0.39 is 15.7 Å². The molecule has 0 saturated heterocycles. The Bertz CT molecular complexity index is 969. The third-order valence-corrected chi connectivity index (χ3v) is 5.99. The first-order chi connectivity index (χ1) is 12.0. The molecule has 0 N–H and O–H groups in total. The summed E-state index contributed by atoms with van der Waals surface area (Å²) >= 11 is 1.40. The molecule has 0 aliphatic heterocycles. The Morgan fingerprint density at radius 1 is 1.12 bits per heavy atom. The zero-order valence-corrected chi connectivity index (χ0v) is 15.1. The normalized spacial score (nSPS) is 11.4. The number of hydrogen-bond acceptors (Lipinski definition) is 5. The first-order valence-corrected chi connectivity index (χ1v) is 10.2. The average Bonchev–Trinajstić information content (AvgIpc) is 3.03. The van der Waals surface area contributed by atoms with E-state index in [0.29, 0.717) is 11.3 Å². The summed E-state index contributed by atoms with van der Waals surface area (Å²) in [6, 6.07) is 13.8. The molecular formula is C18H16FNO3S2. The third-order valence-electron chi connectivity index (χ3n) is 3.54. The molecule has 0 radical (unpaired) electrons. The van der Waals surface area contributed by atoms with Crippen LogP contribution in [0.1, 0.15) is 11.3 Å². The van der Waals surface area contributed by atoms with Crippen molar-refractivity contribution in [1.82, 2.24) is 4.98 Å². The predicted molar refractivity (Wildman–Crippen MR) is 96.8 cm³/mol. The van der Waals surface area contributed by atoms with Crippen LogP contribution in [0.15, 0.2) is 53.9 Å². The summed E-state index contributed by atoms with van der Waals surface area (Å²) in [7, 11) is -2.09. The fraction of sp³-hybridized carbons (Fsp3) is 0.167. The molecule has 2 aromatic carbocycles. The maximum atomic E-state index is 13.7. The molecular weight excluding hydrogens is 361 g/mol. The summed E-state index contributed by atoms with van der Waals surface area (Å²) in [5.74, 6) is -0.904. The van der Waals surface area contributed by atoms with Gasteiger partial charge >= 0.3 is 0 Å². The van der Waals surface area contributed by atoms with Crippen LogP contribution in [0.3, 0.4) is 0 Å². The van der Waals surface area contributed by atoms with Gasteiger partial charge in [-0.15, -0.1) is 11.3 Å². The van der Waals surface area contributed by atoms with E-state index in [9.17, 15) is 12.8 Å². The molecule has 0 unspecified atom stereocenters. The fourth-order valence-corrected chi connectivity index (χ4v) is 4.74. The Hall–Kier alpha value is -2.25. The molecule has 130 valence electrons. The molecule has 0 amide bonds. The standard InChI is InChI=1S/C18H16FNO3S2/c1-23-17-8-7-13(9-16(17)19)11-25(21,22)12-15-10-24-18(20-15)14-5-3-2-4-6-14/h2-10H,11-12H2,1H3. The minimum Gasteiger partial charge on any atom is -0.494 e. The van der Waals surface area contributed by atoms with Crippen molar-refractivity contribution < 1.29 is 17.5 Å². The summed E-state index contributed by atoms with van der Waals surface area (Å²) in [4.78, 5) is 4.40. The van der Waals surface area contributed by atoms with E-state index in [4.69, 9.17) is 4.74 Å². The van der Waals surface area contributed by atoms with Crippen molar-refractivity contribution in [2.75, 3.05) is 7.11 Å². The van der Waals surface area contributed by atoms with Crippen LogP contribution in [0.25, 0.3) is 10.6 Å². The van der Waals surface area contributed by atoms with Gasteiger partial charge in [0.25, 0.3) is 0 Å². The van der Waals surface area contributed by atoms with Crippen molar-refractivity contribution in [3.8, 4) is 16.3 Å². The van der Waals surface area contributed by atoms with Gasteiger partial charge < -0.3 is 4.74 Å². The zero-order valence-electron chi connectivity index (χ0n) is 13.5. The summed E-state index contributed by atoms with van der Waals surface area (Å²) in [6.45, 7) is 0. The van der Waals surface area contributed by atoms with Gasteiger partial charge in [0, 0.05) is 10.9 Å². The molecule has 0 saturated carbocycles. The molecule has 3 aromatic rings. The Balaban J connectivity index is 1.74. The van der Waals surface area contributed by atoms with Gasteiger partial charge in [-0.05, 0) is 17.7 Å². The predicted octanol–water partition coefficient (Wildman–Crippen LogP) is 4.07. The van der Waals surface area contributed by atoms with E-state index in [2.05, 4.69) is 4.98 Å². The highest BCUT2D eigenvalue weighted by Gasteiger charge is 2.17. The molecule has 25 heavy (non-hydrogen) atoms. The van der Waals surface area contributed by atoms with Crippen LogP contribution >= 0.6 is 11.3 Å². The van der Waals surface area contributed by atoms with Crippen LogP contribution < -0.4 is 4.74 Å². The van der Waals surface area contributed by atoms with Gasteiger partial charge in [0.15, 0.2) is 21.4 Å². The van der Waals surface area contributed by atoms with Crippen LogP contribution in [0.2, 0.25) is 0 Å². The lowest BCUT2D eigenvalue weighted by molar-refractivity contribution is 0.386. The van der Waals surface area contributed by atoms with Crippen molar-refractivity contribution in [2.24, 2.45) is 0 Å². The van der Waals surface area contributed by atoms with Gasteiger partial charge in [-0.1, -0.05) is 36.4 Å². The van der Waals surface area contributed by atoms with Gasteiger partial charge in [0.2, 0.25) is 0 Å². The van der Waals surface area contributed by atoms with Gasteiger partial charge in [0.05, 0.1) is 24.3 Å². The molecule has 0 fully saturated rings. The highest BCUT2D eigenvalue weighted by atomic mass is 32.2. The van der Waals surface area contributed by atoms with Crippen LogP contribution in [-0.4, -0.2) is 20.5 Å². The SMILES string of the molecule is COc1ccc(CS(=O)(=O)Cc2csc(-c3ccccc3)n2)cc1F. The van der Waals surface area contributed by atoms with Crippen LogP contribution in [0, 0.1) is 5.82 Å². The molecule has 0 spiro atoms. The lowest BCUT2D eigenvalue weighted by Crippen LogP contribution is -2.08. The largest absolute Gasteiger partial charge is 0.494 e. The number of thiazole rings is 1. The minimum absolute atomic E-state index is 0.0909. The van der Waals surface area contributed by atoms with Crippen LogP contribution in [-0.2, 0) is 21.3 Å². The van der Waals surface area contributed by atoms with Crippen LogP contribution in [0.5, 0.6) is 5.75 Å². The maximum absolute atomic E-state index is 13.7. The molecule has 1 aromatic heterocycles. The molecule has 0 aliphatic carbocycles. The molecule has 4 nitrogen and oxygen atoms in total. The molecule has 3 rings (SSSR count). The van der Waals surface area contributed by atoms with E-state index in [1.54, 1.807) is 11.4 Å². The van der Waals surface area contributed by atoms with Gasteiger partial charge in [-0.25, -0.2) is 17.8 Å². The van der Waals surface area contributed by atoms with Crippen molar-refractivity contribution in [2.45, 2.75) is 11.5 Å². The molecule has 0 bridgehead atoms. The van der Waals surface area contributed by atoms with Gasteiger partial charge in [-0.3, -0.25) is 0 Å². The first-order valence-electron chi connectivity index (χ1n) is 7.49. The molecule has 7 heteroatoms. The Morgan fingerprint density at radius 3 is 2.56 bits per heavy atom. The summed E-state index contributed by atoms with van der Waals surface area (Å²) in [6.07, 6.45) is 0. The number of halogens is 1. The topological polar surface area (TPSA) is 56.3 Å². The minimum atomic E-state index is -3.46. The summed E-state index contributed by atoms with van der Waals surface area (Å²) in [5.41, 5.74) is 1.84. The number of methoxy groups -OCH3 is 1. The number of nitrogens with zero attached hydrogens (tertiary/aromatic N) is 1. The smallest absolute Gasteiger partial charge is 0.165 e. The van der Waals surface area contributed by atoms with Crippen molar-refractivity contribution in [3.63, 3.8) is 0 Å². The number of hydrogen-bond donors (Lipinski definition) is 0. The number of rotatable bonds is 6. The highest BCUT2D eigenvalue weighted by Crippen LogP contribution is 2.25.